The van der Waals surface area contributed by atoms with Crippen molar-refractivity contribution in [2.75, 3.05) is 26.1 Å². The van der Waals surface area contributed by atoms with Gasteiger partial charge in [-0.05, 0) is 54.3 Å². The average molecular weight is 418 g/mol. The quantitative estimate of drug-likeness (QED) is 0.539. The Hall–Kier alpha value is -1.38. The molecule has 1 N–H and O–H groups in total. The standard InChI is InChI=1S/C24H37NO2.C2H6.CH4/c1-15-8-10-23(4)19(22(15,2)3)9-11-24(5)20(23)14-25-17-12-16(26-6)13-18(27-7)21(17)24;1-2;/h12-13,15,19-20,25H,8-11,14H2,1-7H3;1-2H3;1H4. The third-order valence-electron chi connectivity index (χ3n) is 9.20. The van der Waals surface area contributed by atoms with Crippen molar-refractivity contribution in [3.05, 3.63) is 17.7 Å². The van der Waals surface area contributed by atoms with E-state index in [0.717, 1.165) is 29.9 Å². The van der Waals surface area contributed by atoms with E-state index in [0.29, 0.717) is 16.7 Å². The average Bonchev–Trinajstić information content (AvgIpc) is 2.71. The zero-order valence-corrected chi connectivity index (χ0v) is 20.2. The SMILES string of the molecule is C.CC.COc1cc2c(c(OC)c1)C1(C)CCC3C(C)(C)C(C)CCC3(C)C1CN2. The molecular formula is C27H47NO2. The minimum atomic E-state index is 0. The second-order valence-corrected chi connectivity index (χ2v) is 10.5. The molecule has 3 aliphatic rings. The normalized spacial score (nSPS) is 35.7. The summed E-state index contributed by atoms with van der Waals surface area (Å²) in [7, 11) is 3.52. The summed E-state index contributed by atoms with van der Waals surface area (Å²) < 4.78 is 11.4. The van der Waals surface area contributed by atoms with Crippen LogP contribution >= 0.6 is 0 Å². The van der Waals surface area contributed by atoms with E-state index in [9.17, 15) is 0 Å². The van der Waals surface area contributed by atoms with Gasteiger partial charge in [-0.15, -0.1) is 0 Å². The molecule has 0 spiro atoms. The van der Waals surface area contributed by atoms with Gasteiger partial charge < -0.3 is 14.8 Å². The Morgan fingerprint density at radius 3 is 2.20 bits per heavy atom. The molecular weight excluding hydrogens is 370 g/mol. The smallest absolute Gasteiger partial charge is 0.128 e. The summed E-state index contributed by atoms with van der Waals surface area (Å²) in [5.41, 5.74) is 3.52. The largest absolute Gasteiger partial charge is 0.497 e. The lowest BCUT2D eigenvalue weighted by atomic mass is 9.40. The fourth-order valence-electron chi connectivity index (χ4n) is 7.30. The number of nitrogens with one attached hydrogen (secondary N) is 1. The first-order valence-corrected chi connectivity index (χ1v) is 11.7. The minimum absolute atomic E-state index is 0. The zero-order chi connectivity index (χ0) is 21.6. The number of methoxy groups -OCH3 is 2. The van der Waals surface area contributed by atoms with Crippen molar-refractivity contribution in [3.8, 4) is 11.5 Å². The molecule has 172 valence electrons. The first kappa shape index (κ1) is 24.9. The highest BCUT2D eigenvalue weighted by Crippen LogP contribution is 2.67. The third-order valence-corrected chi connectivity index (χ3v) is 9.20. The molecule has 0 aromatic heterocycles. The van der Waals surface area contributed by atoms with Gasteiger partial charge in [0, 0.05) is 35.3 Å². The van der Waals surface area contributed by atoms with Gasteiger partial charge in [-0.2, -0.15) is 0 Å². The van der Waals surface area contributed by atoms with E-state index in [1.807, 2.05) is 13.8 Å². The van der Waals surface area contributed by atoms with Gasteiger partial charge in [0.05, 0.1) is 14.2 Å². The second kappa shape index (κ2) is 8.63. The van der Waals surface area contributed by atoms with Crippen LogP contribution in [-0.2, 0) is 5.41 Å². The molecule has 3 heteroatoms. The molecule has 2 fully saturated rings. The molecule has 5 atom stereocenters. The molecule has 0 bridgehead atoms. The highest BCUT2D eigenvalue weighted by Gasteiger charge is 2.61. The fraction of sp³-hybridized carbons (Fsp3) is 0.778. The van der Waals surface area contributed by atoms with Gasteiger partial charge in [0.2, 0.25) is 0 Å². The number of hydrogen-bond acceptors (Lipinski definition) is 3. The van der Waals surface area contributed by atoms with Crippen LogP contribution in [0.15, 0.2) is 12.1 Å². The number of hydrogen-bond donors (Lipinski definition) is 1. The lowest BCUT2D eigenvalue weighted by Gasteiger charge is -2.65. The Morgan fingerprint density at radius 1 is 0.933 bits per heavy atom. The van der Waals surface area contributed by atoms with E-state index in [4.69, 9.17) is 9.47 Å². The van der Waals surface area contributed by atoms with E-state index < -0.39 is 0 Å². The molecule has 1 aliphatic heterocycles. The number of anilines is 1. The van der Waals surface area contributed by atoms with Crippen molar-refractivity contribution >= 4 is 5.69 Å². The maximum absolute atomic E-state index is 5.88. The number of fused-ring (bicyclic) bond motifs is 5. The molecule has 0 amide bonds. The third kappa shape index (κ3) is 3.41. The molecule has 2 aliphatic carbocycles. The van der Waals surface area contributed by atoms with Gasteiger partial charge in [0.1, 0.15) is 11.5 Å². The van der Waals surface area contributed by atoms with E-state index in [2.05, 4.69) is 52.1 Å². The summed E-state index contributed by atoms with van der Waals surface area (Å²) >= 11 is 0. The molecule has 0 saturated heterocycles. The van der Waals surface area contributed by atoms with Crippen LogP contribution < -0.4 is 14.8 Å². The van der Waals surface area contributed by atoms with E-state index >= 15 is 0 Å². The Labute approximate surface area is 186 Å². The lowest BCUT2D eigenvalue weighted by Crippen LogP contribution is -2.61. The minimum Gasteiger partial charge on any atom is -0.497 e. The zero-order valence-electron chi connectivity index (χ0n) is 20.2. The Bertz CT molecular complexity index is 725. The molecule has 0 radical (unpaired) electrons. The topological polar surface area (TPSA) is 30.5 Å². The van der Waals surface area contributed by atoms with E-state index in [-0.39, 0.29) is 12.8 Å². The first-order valence-electron chi connectivity index (χ1n) is 11.7. The molecule has 1 heterocycles. The van der Waals surface area contributed by atoms with Crippen LogP contribution in [0.4, 0.5) is 5.69 Å². The first-order chi connectivity index (χ1) is 13.7. The van der Waals surface area contributed by atoms with Gasteiger partial charge in [-0.1, -0.05) is 55.9 Å². The summed E-state index contributed by atoms with van der Waals surface area (Å²) in [5.74, 6) is 4.08. The number of ether oxygens (including phenoxy) is 2. The van der Waals surface area contributed by atoms with Crippen molar-refractivity contribution in [1.29, 1.82) is 0 Å². The van der Waals surface area contributed by atoms with Gasteiger partial charge in [-0.3, -0.25) is 0 Å². The molecule has 3 nitrogen and oxygen atoms in total. The summed E-state index contributed by atoms with van der Waals surface area (Å²) in [4.78, 5) is 0. The van der Waals surface area contributed by atoms with Crippen molar-refractivity contribution in [3.63, 3.8) is 0 Å². The number of rotatable bonds is 2. The van der Waals surface area contributed by atoms with Crippen molar-refractivity contribution in [1.82, 2.24) is 0 Å². The van der Waals surface area contributed by atoms with Crippen LogP contribution in [0.5, 0.6) is 11.5 Å². The molecule has 5 unspecified atom stereocenters. The Balaban J connectivity index is 0.00000104. The second-order valence-electron chi connectivity index (χ2n) is 10.5. The summed E-state index contributed by atoms with van der Waals surface area (Å²) in [6, 6.07) is 4.22. The van der Waals surface area contributed by atoms with Crippen molar-refractivity contribution < 1.29 is 9.47 Å². The predicted octanol–water partition coefficient (Wildman–Crippen LogP) is 7.54. The van der Waals surface area contributed by atoms with Crippen molar-refractivity contribution in [2.24, 2.45) is 28.6 Å². The maximum Gasteiger partial charge on any atom is 0.128 e. The van der Waals surface area contributed by atoms with Gasteiger partial charge >= 0.3 is 0 Å². The molecule has 1 aromatic rings. The highest BCUT2D eigenvalue weighted by molar-refractivity contribution is 5.67. The van der Waals surface area contributed by atoms with Crippen LogP contribution in [0.1, 0.15) is 87.1 Å². The van der Waals surface area contributed by atoms with Crippen LogP contribution in [0, 0.1) is 28.6 Å². The molecule has 2 saturated carbocycles. The lowest BCUT2D eigenvalue weighted by molar-refractivity contribution is -0.124. The predicted molar refractivity (Wildman–Crippen MR) is 130 cm³/mol. The molecule has 30 heavy (non-hydrogen) atoms. The fourth-order valence-corrected chi connectivity index (χ4v) is 7.30. The molecule has 1 aromatic carbocycles. The maximum atomic E-state index is 5.88. The van der Waals surface area contributed by atoms with Gasteiger partial charge in [0.15, 0.2) is 0 Å². The van der Waals surface area contributed by atoms with Crippen LogP contribution in [-0.4, -0.2) is 20.8 Å². The Kier molecular flexibility index (Phi) is 7.16. The summed E-state index contributed by atoms with van der Waals surface area (Å²) in [5, 5.41) is 3.77. The number of benzene rings is 1. The van der Waals surface area contributed by atoms with Crippen LogP contribution in [0.2, 0.25) is 0 Å². The van der Waals surface area contributed by atoms with Crippen LogP contribution in [0.3, 0.4) is 0 Å². The summed E-state index contributed by atoms with van der Waals surface area (Å²) in [6.07, 6.45) is 5.25. The van der Waals surface area contributed by atoms with Crippen LogP contribution in [0.25, 0.3) is 0 Å². The van der Waals surface area contributed by atoms with Gasteiger partial charge in [-0.25, -0.2) is 0 Å². The van der Waals surface area contributed by atoms with Gasteiger partial charge in [0.25, 0.3) is 0 Å². The highest BCUT2D eigenvalue weighted by atomic mass is 16.5. The monoisotopic (exact) mass is 417 g/mol. The van der Waals surface area contributed by atoms with E-state index in [1.54, 1.807) is 14.2 Å². The summed E-state index contributed by atoms with van der Waals surface area (Å²) in [6.45, 7) is 17.7. The van der Waals surface area contributed by atoms with E-state index in [1.165, 1.54) is 36.9 Å². The molecule has 4 rings (SSSR count). The Morgan fingerprint density at radius 2 is 1.60 bits per heavy atom. The van der Waals surface area contributed by atoms with Crippen molar-refractivity contribution in [2.45, 2.75) is 87.0 Å².